The predicted molar refractivity (Wildman–Crippen MR) is 114 cm³/mol. The van der Waals surface area contributed by atoms with Gasteiger partial charge in [0.05, 0.1) is 40.9 Å². The highest BCUT2D eigenvalue weighted by Crippen LogP contribution is 2.42. The number of rotatable bonds is 3. The average molecular weight is 476 g/mol. The molecule has 0 radical (unpaired) electrons. The monoisotopic (exact) mass is 476 g/mol. The van der Waals surface area contributed by atoms with Gasteiger partial charge in [-0.3, -0.25) is 14.6 Å². The van der Waals surface area contributed by atoms with Gasteiger partial charge in [-0.05, 0) is 55.7 Å². The minimum absolute atomic E-state index is 0.0485. The van der Waals surface area contributed by atoms with E-state index in [1.807, 2.05) is 0 Å². The van der Waals surface area contributed by atoms with Gasteiger partial charge in [0.1, 0.15) is 5.82 Å². The Bertz CT molecular complexity index is 1190. The van der Waals surface area contributed by atoms with Gasteiger partial charge in [0, 0.05) is 18.4 Å². The fourth-order valence-corrected chi connectivity index (χ4v) is 4.68. The Morgan fingerprint density at radius 1 is 1.12 bits per heavy atom. The smallest absolute Gasteiger partial charge is 0.393 e. The highest BCUT2D eigenvalue weighted by Gasteiger charge is 2.50. The van der Waals surface area contributed by atoms with E-state index in [4.69, 9.17) is 5.26 Å². The van der Waals surface area contributed by atoms with Crippen molar-refractivity contribution < 1.29 is 32.3 Å². The molecule has 7 nitrogen and oxygen atoms in total. The quantitative estimate of drug-likeness (QED) is 0.659. The van der Waals surface area contributed by atoms with Gasteiger partial charge < -0.3 is 10.4 Å². The van der Waals surface area contributed by atoms with Gasteiger partial charge in [0.15, 0.2) is 0 Å². The van der Waals surface area contributed by atoms with Gasteiger partial charge in [-0.1, -0.05) is 0 Å². The zero-order valence-electron chi connectivity index (χ0n) is 17.9. The number of hydrogen-bond donors (Lipinski definition) is 2. The molecule has 1 heterocycles. The van der Waals surface area contributed by atoms with Crippen molar-refractivity contribution in [3.63, 3.8) is 0 Å². The number of fused-ring (bicyclic) bond motifs is 1. The number of hydrogen-bond acceptors (Lipinski definition) is 4. The van der Waals surface area contributed by atoms with Crippen LogP contribution in [-0.4, -0.2) is 42.3 Å². The van der Waals surface area contributed by atoms with Crippen molar-refractivity contribution in [2.24, 2.45) is 0 Å². The fourth-order valence-electron chi connectivity index (χ4n) is 4.68. The van der Waals surface area contributed by atoms with Crippen LogP contribution in [0.5, 0.6) is 0 Å². The van der Waals surface area contributed by atoms with E-state index < -0.39 is 53.2 Å². The summed E-state index contributed by atoms with van der Waals surface area (Å²) >= 11 is 0. The van der Waals surface area contributed by atoms with Crippen LogP contribution in [0.15, 0.2) is 36.4 Å². The van der Waals surface area contributed by atoms with Crippen molar-refractivity contribution in [1.29, 1.82) is 5.26 Å². The lowest BCUT2D eigenvalue weighted by Gasteiger charge is -2.34. The van der Waals surface area contributed by atoms with Crippen molar-refractivity contribution >= 4 is 23.3 Å². The highest BCUT2D eigenvalue weighted by molar-refractivity contribution is 6.08. The van der Waals surface area contributed by atoms with E-state index in [1.54, 1.807) is 0 Å². The fraction of sp³-hybridized carbons (Fsp3) is 0.348. The molecule has 3 atom stereocenters. The number of aliphatic hydroxyl groups is 1. The molecule has 0 bridgehead atoms. The van der Waals surface area contributed by atoms with Crippen molar-refractivity contribution in [2.45, 2.75) is 43.6 Å². The Balaban J connectivity index is 1.79. The van der Waals surface area contributed by atoms with Gasteiger partial charge in [-0.25, -0.2) is 9.18 Å². The van der Waals surface area contributed by atoms with Gasteiger partial charge >= 0.3 is 12.2 Å². The van der Waals surface area contributed by atoms with E-state index in [-0.39, 0.29) is 23.4 Å². The van der Waals surface area contributed by atoms with Crippen LogP contribution in [0.4, 0.5) is 33.7 Å². The second kappa shape index (κ2) is 8.61. The van der Waals surface area contributed by atoms with Crippen LogP contribution in [-0.2, 0) is 6.18 Å². The average Bonchev–Trinajstić information content (AvgIpc) is 3.08. The summed E-state index contributed by atoms with van der Waals surface area (Å²) in [5.41, 5.74) is -1.88. The molecule has 0 spiro atoms. The number of carbonyl (C=O) groups is 2. The Labute approximate surface area is 192 Å². The van der Waals surface area contributed by atoms with E-state index in [0.29, 0.717) is 12.8 Å². The first kappa shape index (κ1) is 23.5. The summed E-state index contributed by atoms with van der Waals surface area (Å²) in [4.78, 5) is 27.8. The van der Waals surface area contributed by atoms with Crippen LogP contribution in [0, 0.1) is 17.1 Å². The second-order valence-corrected chi connectivity index (χ2v) is 8.21. The molecule has 11 heteroatoms. The number of carbonyl (C=O) groups excluding carboxylic acids is 2. The van der Waals surface area contributed by atoms with Gasteiger partial charge in [0.2, 0.25) is 0 Å². The first-order chi connectivity index (χ1) is 16.1. The maximum Gasteiger partial charge on any atom is 0.417 e. The number of nitrogens with one attached hydrogen (secondary N) is 1. The van der Waals surface area contributed by atoms with E-state index in [0.717, 1.165) is 18.2 Å². The van der Waals surface area contributed by atoms with Crippen molar-refractivity contribution in [3.05, 3.63) is 58.9 Å². The van der Waals surface area contributed by atoms with Gasteiger partial charge in [-0.2, -0.15) is 18.4 Å². The molecule has 1 unspecified atom stereocenters. The SMILES string of the molecule is CNC(=O)c1ccc(N2C(=O)N(c3ccc(C#N)c(C(F)(F)F)c3)[C@@H]3CCC(O)C[C@H]32)cc1F. The Hall–Kier alpha value is -3.65. The third-order valence-corrected chi connectivity index (χ3v) is 6.24. The lowest BCUT2D eigenvalue weighted by molar-refractivity contribution is -0.137. The number of alkyl halides is 3. The number of aliphatic hydroxyl groups excluding tert-OH is 1. The predicted octanol–water partition coefficient (Wildman–Crippen LogP) is 3.80. The Morgan fingerprint density at radius 2 is 1.76 bits per heavy atom. The zero-order chi connectivity index (χ0) is 24.8. The molecule has 2 N–H and O–H groups in total. The van der Waals surface area contributed by atoms with Crippen LogP contribution in [0.1, 0.15) is 40.7 Å². The molecule has 1 saturated carbocycles. The minimum Gasteiger partial charge on any atom is -0.393 e. The first-order valence-corrected chi connectivity index (χ1v) is 10.5. The molecule has 4 rings (SSSR count). The number of benzene rings is 2. The third-order valence-electron chi connectivity index (χ3n) is 6.24. The van der Waals surface area contributed by atoms with Crippen molar-refractivity contribution in [3.8, 4) is 6.07 Å². The first-order valence-electron chi connectivity index (χ1n) is 10.5. The molecule has 1 aliphatic heterocycles. The molecule has 2 aliphatic rings. The standard InChI is InChI=1S/C23H20F4N4O3/c1-29-21(33)16-6-4-14(9-18(16)24)31-20-10-15(32)5-7-19(20)30(22(31)34)13-3-2-12(11-28)17(8-13)23(25,26)27/h2-4,6,8-9,15,19-20,32H,5,7,10H2,1H3,(H,29,33)/t15?,19-,20-/m1/s1. The van der Waals surface area contributed by atoms with Crippen LogP contribution < -0.4 is 15.1 Å². The Kier molecular flexibility index (Phi) is 5.95. The molecule has 2 fully saturated rings. The number of urea groups is 1. The maximum absolute atomic E-state index is 14.6. The van der Waals surface area contributed by atoms with E-state index in [1.165, 1.54) is 41.1 Å². The molecule has 2 aromatic rings. The summed E-state index contributed by atoms with van der Waals surface area (Å²) in [7, 11) is 1.35. The lowest BCUT2D eigenvalue weighted by atomic mass is 9.87. The molecular weight excluding hydrogens is 456 g/mol. The lowest BCUT2D eigenvalue weighted by Crippen LogP contribution is -2.44. The number of nitrogens with zero attached hydrogens (tertiary/aromatic N) is 3. The molecule has 2 aromatic carbocycles. The minimum atomic E-state index is -4.80. The van der Waals surface area contributed by atoms with Crippen molar-refractivity contribution in [1.82, 2.24) is 5.32 Å². The van der Waals surface area contributed by atoms with E-state index >= 15 is 0 Å². The van der Waals surface area contributed by atoms with Crippen molar-refractivity contribution in [2.75, 3.05) is 16.8 Å². The van der Waals surface area contributed by atoms with E-state index in [9.17, 15) is 32.3 Å². The number of halogens is 4. The maximum atomic E-state index is 14.6. The normalized spacial score (nSPS) is 22.4. The molecular formula is C23H20F4N4O3. The molecule has 3 amide bonds. The number of anilines is 2. The summed E-state index contributed by atoms with van der Waals surface area (Å²) in [6.45, 7) is 0. The molecule has 1 aliphatic carbocycles. The van der Waals surface area contributed by atoms with Gasteiger partial charge in [-0.15, -0.1) is 0 Å². The van der Waals surface area contributed by atoms with Crippen LogP contribution in [0.25, 0.3) is 0 Å². The van der Waals surface area contributed by atoms with Crippen LogP contribution >= 0.6 is 0 Å². The van der Waals surface area contributed by atoms with Crippen LogP contribution in [0.3, 0.4) is 0 Å². The largest absolute Gasteiger partial charge is 0.417 e. The highest BCUT2D eigenvalue weighted by atomic mass is 19.4. The van der Waals surface area contributed by atoms with Gasteiger partial charge in [0.25, 0.3) is 5.91 Å². The summed E-state index contributed by atoms with van der Waals surface area (Å²) in [6.07, 6.45) is -4.74. The zero-order valence-corrected chi connectivity index (χ0v) is 17.9. The molecule has 34 heavy (non-hydrogen) atoms. The van der Waals surface area contributed by atoms with E-state index in [2.05, 4.69) is 5.32 Å². The summed E-state index contributed by atoms with van der Waals surface area (Å²) in [5.74, 6) is -1.52. The third kappa shape index (κ3) is 3.94. The topological polar surface area (TPSA) is 96.7 Å². The summed E-state index contributed by atoms with van der Waals surface area (Å²) in [6, 6.07) is 6.28. The summed E-state index contributed by atoms with van der Waals surface area (Å²) < 4.78 is 55.2. The molecule has 0 aromatic heterocycles. The number of nitriles is 1. The van der Waals surface area contributed by atoms with Crippen LogP contribution in [0.2, 0.25) is 0 Å². The summed E-state index contributed by atoms with van der Waals surface area (Å²) in [5, 5.41) is 21.6. The molecule has 178 valence electrons. The Morgan fingerprint density at radius 3 is 2.38 bits per heavy atom. The molecule has 1 saturated heterocycles. The second-order valence-electron chi connectivity index (χ2n) is 8.21. The number of amides is 3.